The fourth-order valence-corrected chi connectivity index (χ4v) is 1.83. The van der Waals surface area contributed by atoms with E-state index < -0.39 is 0 Å². The molecule has 0 saturated heterocycles. The summed E-state index contributed by atoms with van der Waals surface area (Å²) in [6, 6.07) is 10.4. The van der Waals surface area contributed by atoms with Crippen molar-refractivity contribution < 1.29 is 0 Å². The lowest BCUT2D eigenvalue weighted by Gasteiger charge is -2.41. The maximum absolute atomic E-state index is 6.34. The van der Waals surface area contributed by atoms with E-state index in [9.17, 15) is 0 Å². The summed E-state index contributed by atoms with van der Waals surface area (Å²) in [6.07, 6.45) is 1.04. The number of hydrogen-bond donors (Lipinski definition) is 1. The molecule has 2 N–H and O–H groups in total. The van der Waals surface area contributed by atoms with Gasteiger partial charge in [0.25, 0.3) is 0 Å². The molecule has 0 bridgehead atoms. The minimum absolute atomic E-state index is 0.0152. The summed E-state index contributed by atoms with van der Waals surface area (Å²) in [4.78, 5) is 2.21. The zero-order valence-corrected chi connectivity index (χ0v) is 10.2. The third kappa shape index (κ3) is 2.39. The van der Waals surface area contributed by atoms with Gasteiger partial charge in [-0.25, -0.2) is 0 Å². The van der Waals surface area contributed by atoms with Gasteiger partial charge in [0.05, 0.1) is 0 Å². The number of likely N-dealkylation sites (N-methyl/N-ethyl adjacent to an activating group) is 1. The second-order valence-electron chi connectivity index (χ2n) is 4.49. The van der Waals surface area contributed by atoms with Crippen LogP contribution in [0.15, 0.2) is 30.3 Å². The van der Waals surface area contributed by atoms with Crippen molar-refractivity contribution in [3.05, 3.63) is 35.9 Å². The highest BCUT2D eigenvalue weighted by molar-refractivity contribution is 5.22. The normalized spacial score (nSPS) is 17.5. The first-order valence-electron chi connectivity index (χ1n) is 5.50. The van der Waals surface area contributed by atoms with Crippen molar-refractivity contribution in [2.75, 3.05) is 14.1 Å². The van der Waals surface area contributed by atoms with Crippen LogP contribution in [0.1, 0.15) is 31.9 Å². The highest BCUT2D eigenvalue weighted by Gasteiger charge is 2.32. The topological polar surface area (TPSA) is 29.3 Å². The van der Waals surface area contributed by atoms with Crippen molar-refractivity contribution in [2.45, 2.75) is 31.8 Å². The number of nitrogens with zero attached hydrogens (tertiary/aromatic N) is 1. The van der Waals surface area contributed by atoms with Gasteiger partial charge in [-0.3, -0.25) is 0 Å². The maximum atomic E-state index is 6.34. The van der Waals surface area contributed by atoms with E-state index in [0.717, 1.165) is 6.42 Å². The van der Waals surface area contributed by atoms with Gasteiger partial charge >= 0.3 is 0 Å². The Bertz CT molecular complexity index is 295. The van der Waals surface area contributed by atoms with Crippen LogP contribution in [0.4, 0.5) is 0 Å². The summed E-state index contributed by atoms with van der Waals surface area (Å²) in [5.74, 6) is 0. The van der Waals surface area contributed by atoms with Gasteiger partial charge in [-0.2, -0.15) is 0 Å². The van der Waals surface area contributed by atoms with E-state index in [2.05, 4.69) is 45.0 Å². The first-order chi connectivity index (χ1) is 7.02. The standard InChI is InChI=1S/C13H22N2/c1-5-13(2,15(3)4)12(14)11-9-7-6-8-10-11/h6-10,12H,5,14H2,1-4H3/t12-,13+/m0/s1. The molecule has 1 aromatic rings. The lowest BCUT2D eigenvalue weighted by molar-refractivity contribution is 0.132. The van der Waals surface area contributed by atoms with Crippen LogP contribution in [0, 0.1) is 0 Å². The van der Waals surface area contributed by atoms with Crippen LogP contribution in [0.5, 0.6) is 0 Å². The van der Waals surface area contributed by atoms with Crippen LogP contribution in [0.3, 0.4) is 0 Å². The lowest BCUT2D eigenvalue weighted by Crippen LogP contribution is -2.49. The van der Waals surface area contributed by atoms with E-state index >= 15 is 0 Å². The van der Waals surface area contributed by atoms with Crippen molar-refractivity contribution in [3.63, 3.8) is 0 Å². The van der Waals surface area contributed by atoms with E-state index in [4.69, 9.17) is 5.73 Å². The number of hydrogen-bond acceptors (Lipinski definition) is 2. The molecule has 0 unspecified atom stereocenters. The zero-order chi connectivity index (χ0) is 11.5. The van der Waals surface area contributed by atoms with E-state index in [-0.39, 0.29) is 11.6 Å². The van der Waals surface area contributed by atoms with Gasteiger partial charge in [0.2, 0.25) is 0 Å². The molecule has 2 atom stereocenters. The molecule has 0 aliphatic carbocycles. The Balaban J connectivity index is 2.97. The SMILES string of the molecule is CC[C@](C)([C@@H](N)c1ccccc1)N(C)C. The summed E-state index contributed by atoms with van der Waals surface area (Å²) in [7, 11) is 4.18. The molecule has 1 aromatic carbocycles. The molecule has 0 aromatic heterocycles. The molecular formula is C13H22N2. The Morgan fingerprint density at radius 2 is 1.80 bits per heavy atom. The molecule has 2 heteroatoms. The van der Waals surface area contributed by atoms with Crippen LogP contribution in [-0.4, -0.2) is 24.5 Å². The van der Waals surface area contributed by atoms with E-state index in [1.165, 1.54) is 5.56 Å². The highest BCUT2D eigenvalue weighted by Crippen LogP contribution is 2.30. The van der Waals surface area contributed by atoms with Gasteiger partial charge in [0, 0.05) is 11.6 Å². The summed E-state index contributed by atoms with van der Waals surface area (Å²) in [6.45, 7) is 4.40. The van der Waals surface area contributed by atoms with Gasteiger partial charge in [-0.05, 0) is 33.0 Å². The molecule has 84 valence electrons. The molecule has 0 saturated carbocycles. The van der Waals surface area contributed by atoms with Crippen molar-refractivity contribution in [1.82, 2.24) is 4.90 Å². The van der Waals surface area contributed by atoms with Crippen LogP contribution in [0.25, 0.3) is 0 Å². The van der Waals surface area contributed by atoms with Gasteiger partial charge in [0.15, 0.2) is 0 Å². The molecule has 0 fully saturated rings. The molecule has 0 radical (unpaired) electrons. The predicted molar refractivity (Wildman–Crippen MR) is 65.8 cm³/mol. The van der Waals surface area contributed by atoms with Crippen molar-refractivity contribution in [3.8, 4) is 0 Å². The fraction of sp³-hybridized carbons (Fsp3) is 0.538. The molecule has 0 spiro atoms. The highest BCUT2D eigenvalue weighted by atomic mass is 15.2. The average molecular weight is 206 g/mol. The summed E-state index contributed by atoms with van der Waals surface area (Å²) in [5, 5.41) is 0. The molecule has 15 heavy (non-hydrogen) atoms. The minimum Gasteiger partial charge on any atom is -0.322 e. The Kier molecular flexibility index (Phi) is 3.89. The van der Waals surface area contributed by atoms with Crippen molar-refractivity contribution in [2.24, 2.45) is 5.73 Å². The number of rotatable bonds is 4. The monoisotopic (exact) mass is 206 g/mol. The van der Waals surface area contributed by atoms with Crippen LogP contribution in [-0.2, 0) is 0 Å². The van der Waals surface area contributed by atoms with Crippen molar-refractivity contribution in [1.29, 1.82) is 0 Å². The average Bonchev–Trinajstić information content (AvgIpc) is 2.28. The molecule has 1 rings (SSSR count). The number of benzene rings is 1. The largest absolute Gasteiger partial charge is 0.322 e. The minimum atomic E-state index is 0.0152. The molecule has 0 heterocycles. The van der Waals surface area contributed by atoms with E-state index in [0.29, 0.717) is 0 Å². The Labute approximate surface area is 93.1 Å². The third-order valence-electron chi connectivity index (χ3n) is 3.57. The zero-order valence-electron chi connectivity index (χ0n) is 10.2. The quantitative estimate of drug-likeness (QED) is 0.819. The Morgan fingerprint density at radius 1 is 1.27 bits per heavy atom. The van der Waals surface area contributed by atoms with Gasteiger partial charge in [0.1, 0.15) is 0 Å². The number of nitrogens with two attached hydrogens (primary N) is 1. The summed E-state index contributed by atoms with van der Waals surface area (Å²) >= 11 is 0. The van der Waals surface area contributed by atoms with Gasteiger partial charge < -0.3 is 10.6 Å². The molecular weight excluding hydrogens is 184 g/mol. The summed E-state index contributed by atoms with van der Waals surface area (Å²) < 4.78 is 0. The second-order valence-corrected chi connectivity index (χ2v) is 4.49. The predicted octanol–water partition coefficient (Wildman–Crippen LogP) is 2.42. The lowest BCUT2D eigenvalue weighted by atomic mass is 9.84. The van der Waals surface area contributed by atoms with E-state index in [1.807, 2.05) is 18.2 Å². The molecule has 2 nitrogen and oxygen atoms in total. The molecule has 0 amide bonds. The smallest absolute Gasteiger partial charge is 0.0479 e. The van der Waals surface area contributed by atoms with Crippen molar-refractivity contribution >= 4 is 0 Å². The van der Waals surface area contributed by atoms with Crippen LogP contribution in [0.2, 0.25) is 0 Å². The molecule has 0 aliphatic heterocycles. The maximum Gasteiger partial charge on any atom is 0.0479 e. The Hall–Kier alpha value is -0.860. The first-order valence-corrected chi connectivity index (χ1v) is 5.50. The van der Waals surface area contributed by atoms with Gasteiger partial charge in [-0.15, -0.1) is 0 Å². The van der Waals surface area contributed by atoms with Crippen LogP contribution < -0.4 is 5.73 Å². The fourth-order valence-electron chi connectivity index (χ4n) is 1.83. The Morgan fingerprint density at radius 3 is 2.20 bits per heavy atom. The van der Waals surface area contributed by atoms with Gasteiger partial charge in [-0.1, -0.05) is 37.3 Å². The van der Waals surface area contributed by atoms with Crippen LogP contribution >= 0.6 is 0 Å². The second kappa shape index (κ2) is 4.77. The first kappa shape index (κ1) is 12.2. The van der Waals surface area contributed by atoms with E-state index in [1.54, 1.807) is 0 Å². The molecule has 0 aliphatic rings. The summed E-state index contributed by atoms with van der Waals surface area (Å²) in [5.41, 5.74) is 7.56. The third-order valence-corrected chi connectivity index (χ3v) is 3.57.